The SMILES string of the molecule is CC(O)c1cc(F)c(C#N)c2c1CCO2. The van der Waals surface area contributed by atoms with Crippen molar-refractivity contribution in [3.8, 4) is 11.8 Å². The van der Waals surface area contributed by atoms with Gasteiger partial charge < -0.3 is 9.84 Å². The standard InChI is InChI=1S/C11H10FNO2/c1-6(14)8-4-10(12)9(5-13)11-7(8)2-3-15-11/h4,6,14H,2-3H2,1H3. The van der Waals surface area contributed by atoms with Crippen LogP contribution >= 0.6 is 0 Å². The lowest BCUT2D eigenvalue weighted by Gasteiger charge is -2.11. The Morgan fingerprint density at radius 1 is 1.67 bits per heavy atom. The minimum Gasteiger partial charge on any atom is -0.491 e. The van der Waals surface area contributed by atoms with Crippen molar-refractivity contribution in [3.63, 3.8) is 0 Å². The highest BCUT2D eigenvalue weighted by molar-refractivity contribution is 5.55. The second-order valence-electron chi connectivity index (χ2n) is 3.52. The lowest BCUT2D eigenvalue weighted by Crippen LogP contribution is -2.00. The summed E-state index contributed by atoms with van der Waals surface area (Å²) < 4.78 is 18.7. The third kappa shape index (κ3) is 1.45. The summed E-state index contributed by atoms with van der Waals surface area (Å²) >= 11 is 0. The van der Waals surface area contributed by atoms with Gasteiger partial charge in [0.05, 0.1) is 12.7 Å². The second kappa shape index (κ2) is 3.52. The number of rotatable bonds is 1. The Hall–Kier alpha value is -1.60. The molecule has 0 amide bonds. The summed E-state index contributed by atoms with van der Waals surface area (Å²) in [4.78, 5) is 0. The number of benzene rings is 1. The maximum atomic E-state index is 13.5. The highest BCUT2D eigenvalue weighted by atomic mass is 19.1. The fourth-order valence-electron chi connectivity index (χ4n) is 1.84. The third-order valence-corrected chi connectivity index (χ3v) is 2.53. The molecule has 4 heteroatoms. The molecule has 0 saturated heterocycles. The molecule has 1 aromatic rings. The molecule has 0 fully saturated rings. The molecular weight excluding hydrogens is 197 g/mol. The highest BCUT2D eigenvalue weighted by Gasteiger charge is 2.25. The van der Waals surface area contributed by atoms with Gasteiger partial charge >= 0.3 is 0 Å². The van der Waals surface area contributed by atoms with Crippen LogP contribution in [0, 0.1) is 17.1 Å². The van der Waals surface area contributed by atoms with E-state index in [4.69, 9.17) is 10.00 Å². The number of ether oxygens (including phenoxy) is 1. The second-order valence-corrected chi connectivity index (χ2v) is 3.52. The van der Waals surface area contributed by atoms with Gasteiger partial charge in [-0.1, -0.05) is 0 Å². The highest BCUT2D eigenvalue weighted by Crippen LogP contribution is 2.36. The molecule has 1 heterocycles. The van der Waals surface area contributed by atoms with E-state index in [-0.39, 0.29) is 5.56 Å². The van der Waals surface area contributed by atoms with Gasteiger partial charge in [0.1, 0.15) is 23.2 Å². The van der Waals surface area contributed by atoms with Crippen molar-refractivity contribution in [2.45, 2.75) is 19.4 Å². The lowest BCUT2D eigenvalue weighted by molar-refractivity contribution is 0.198. The Bertz CT molecular complexity index is 449. The van der Waals surface area contributed by atoms with Crippen LogP contribution in [0.2, 0.25) is 0 Å². The van der Waals surface area contributed by atoms with Crippen LogP contribution in [0.3, 0.4) is 0 Å². The summed E-state index contributed by atoms with van der Waals surface area (Å²) in [5.74, 6) is -0.331. The Balaban J connectivity index is 2.69. The largest absolute Gasteiger partial charge is 0.491 e. The molecule has 1 unspecified atom stereocenters. The molecular formula is C11H10FNO2. The van der Waals surface area contributed by atoms with Crippen molar-refractivity contribution < 1.29 is 14.2 Å². The van der Waals surface area contributed by atoms with Crippen LogP contribution in [0.25, 0.3) is 0 Å². The summed E-state index contributed by atoms with van der Waals surface area (Å²) in [6.45, 7) is 2.01. The number of fused-ring (bicyclic) bond motifs is 1. The maximum Gasteiger partial charge on any atom is 0.145 e. The van der Waals surface area contributed by atoms with Crippen LogP contribution < -0.4 is 4.74 Å². The molecule has 1 aromatic carbocycles. The summed E-state index contributed by atoms with van der Waals surface area (Å²) in [5.41, 5.74) is 1.20. The molecule has 0 spiro atoms. The van der Waals surface area contributed by atoms with Crippen molar-refractivity contribution in [1.29, 1.82) is 5.26 Å². The first-order chi connectivity index (χ1) is 7.15. The minimum atomic E-state index is -0.748. The topological polar surface area (TPSA) is 53.2 Å². The average Bonchev–Trinajstić information content (AvgIpc) is 2.64. The summed E-state index contributed by atoms with van der Waals surface area (Å²) in [5, 5.41) is 18.3. The van der Waals surface area contributed by atoms with Crippen molar-refractivity contribution in [3.05, 3.63) is 28.6 Å². The zero-order chi connectivity index (χ0) is 11.0. The molecule has 0 saturated carbocycles. The molecule has 78 valence electrons. The summed E-state index contributed by atoms with van der Waals surface area (Å²) in [6.07, 6.45) is -0.132. The predicted octanol–water partition coefficient (Wildman–Crippen LogP) is 1.69. The fourth-order valence-corrected chi connectivity index (χ4v) is 1.84. The van der Waals surface area contributed by atoms with E-state index in [0.29, 0.717) is 24.3 Å². The minimum absolute atomic E-state index is 0.0631. The van der Waals surface area contributed by atoms with Crippen LogP contribution in [0.1, 0.15) is 29.7 Å². The zero-order valence-corrected chi connectivity index (χ0v) is 8.25. The van der Waals surface area contributed by atoms with E-state index < -0.39 is 11.9 Å². The Morgan fingerprint density at radius 2 is 2.40 bits per heavy atom. The van der Waals surface area contributed by atoms with Crippen molar-refractivity contribution in [2.75, 3.05) is 6.61 Å². The molecule has 1 atom stereocenters. The molecule has 0 radical (unpaired) electrons. The van der Waals surface area contributed by atoms with Gasteiger partial charge in [-0.15, -0.1) is 0 Å². The van der Waals surface area contributed by atoms with Crippen molar-refractivity contribution in [1.82, 2.24) is 0 Å². The van der Waals surface area contributed by atoms with Gasteiger partial charge in [-0.2, -0.15) is 5.26 Å². The maximum absolute atomic E-state index is 13.5. The number of aliphatic hydroxyl groups excluding tert-OH is 1. The third-order valence-electron chi connectivity index (χ3n) is 2.53. The van der Waals surface area contributed by atoms with Crippen LogP contribution in [-0.2, 0) is 6.42 Å². The number of aliphatic hydroxyl groups is 1. The van der Waals surface area contributed by atoms with Crippen molar-refractivity contribution in [2.24, 2.45) is 0 Å². The predicted molar refractivity (Wildman–Crippen MR) is 50.9 cm³/mol. The van der Waals surface area contributed by atoms with Crippen LogP contribution in [-0.4, -0.2) is 11.7 Å². The summed E-state index contributed by atoms with van der Waals surface area (Å²) in [6, 6.07) is 3.00. The van der Waals surface area contributed by atoms with Crippen molar-refractivity contribution >= 4 is 0 Å². The smallest absolute Gasteiger partial charge is 0.145 e. The van der Waals surface area contributed by atoms with E-state index >= 15 is 0 Å². The number of hydrogen-bond donors (Lipinski definition) is 1. The van der Waals surface area contributed by atoms with E-state index in [1.165, 1.54) is 6.07 Å². The molecule has 3 nitrogen and oxygen atoms in total. The van der Waals surface area contributed by atoms with Crippen LogP contribution in [0.4, 0.5) is 4.39 Å². The Kier molecular flexibility index (Phi) is 2.33. The van der Waals surface area contributed by atoms with Gasteiger partial charge in [0.2, 0.25) is 0 Å². The molecule has 1 N–H and O–H groups in total. The quantitative estimate of drug-likeness (QED) is 0.762. The number of nitriles is 1. The van der Waals surface area contributed by atoms with Gasteiger partial charge in [0, 0.05) is 12.0 Å². The van der Waals surface area contributed by atoms with E-state index in [9.17, 15) is 9.50 Å². The first-order valence-electron chi connectivity index (χ1n) is 4.71. The van der Waals surface area contributed by atoms with Crippen LogP contribution in [0.5, 0.6) is 5.75 Å². The molecule has 1 aliphatic rings. The first kappa shape index (κ1) is 9.94. The molecule has 15 heavy (non-hydrogen) atoms. The van der Waals surface area contributed by atoms with Gasteiger partial charge in [-0.05, 0) is 18.6 Å². The van der Waals surface area contributed by atoms with E-state index in [1.54, 1.807) is 13.0 Å². The monoisotopic (exact) mass is 207 g/mol. The number of halogens is 1. The molecule has 0 aromatic heterocycles. The average molecular weight is 207 g/mol. The Morgan fingerprint density at radius 3 is 3.00 bits per heavy atom. The van der Waals surface area contributed by atoms with Crippen LogP contribution in [0.15, 0.2) is 6.07 Å². The first-order valence-corrected chi connectivity index (χ1v) is 4.71. The molecule has 1 aliphatic heterocycles. The fraction of sp³-hybridized carbons (Fsp3) is 0.364. The van der Waals surface area contributed by atoms with Gasteiger partial charge in [0.25, 0.3) is 0 Å². The lowest BCUT2D eigenvalue weighted by atomic mass is 9.98. The summed E-state index contributed by atoms with van der Waals surface area (Å²) in [7, 11) is 0. The number of hydrogen-bond acceptors (Lipinski definition) is 3. The van der Waals surface area contributed by atoms with E-state index in [1.807, 2.05) is 0 Å². The van der Waals surface area contributed by atoms with Gasteiger partial charge in [0.15, 0.2) is 0 Å². The number of nitrogens with zero attached hydrogens (tertiary/aromatic N) is 1. The Labute approximate surface area is 86.7 Å². The van der Waals surface area contributed by atoms with E-state index in [0.717, 1.165) is 5.56 Å². The zero-order valence-electron chi connectivity index (χ0n) is 8.25. The van der Waals surface area contributed by atoms with E-state index in [2.05, 4.69) is 0 Å². The van der Waals surface area contributed by atoms with Gasteiger partial charge in [-0.25, -0.2) is 4.39 Å². The molecule has 0 aliphatic carbocycles. The van der Waals surface area contributed by atoms with Gasteiger partial charge in [-0.3, -0.25) is 0 Å². The molecule has 0 bridgehead atoms. The molecule has 2 rings (SSSR count). The normalized spacial score (nSPS) is 15.3.